The van der Waals surface area contributed by atoms with Crippen LogP contribution < -0.4 is 10.2 Å². The predicted octanol–water partition coefficient (Wildman–Crippen LogP) is 1.52. The fourth-order valence-electron chi connectivity index (χ4n) is 3.22. The molecule has 2 rings (SSSR count). The molecule has 1 atom stereocenters. The molecular weight excluding hydrogens is 345 g/mol. The number of carbonyl (C=O) groups is 2. The number of rotatable bonds is 9. The molecule has 146 valence electrons. The Morgan fingerprint density at radius 2 is 1.78 bits per heavy atom. The van der Waals surface area contributed by atoms with Gasteiger partial charge < -0.3 is 14.8 Å². The number of hydrogen-bond acceptors (Lipinski definition) is 2. The van der Waals surface area contributed by atoms with Crippen LogP contribution in [0, 0.1) is 19.7 Å². The average Bonchev–Trinajstić information content (AvgIpc) is 2.91. The maximum atomic E-state index is 13.1. The van der Waals surface area contributed by atoms with Gasteiger partial charge in [0.2, 0.25) is 5.78 Å². The first-order chi connectivity index (χ1) is 12.8. The molecule has 2 aromatic rings. The van der Waals surface area contributed by atoms with Crippen molar-refractivity contribution in [3.63, 3.8) is 0 Å². The lowest BCUT2D eigenvalue weighted by Gasteiger charge is -2.16. The van der Waals surface area contributed by atoms with Crippen LogP contribution in [0.15, 0.2) is 30.3 Å². The molecule has 1 aromatic carbocycles. The topological polar surface area (TPSA) is 55.5 Å². The lowest BCUT2D eigenvalue weighted by molar-refractivity contribution is -0.881. The monoisotopic (exact) mass is 374 g/mol. The van der Waals surface area contributed by atoms with Crippen LogP contribution in [0.4, 0.5) is 4.39 Å². The standard InChI is InChI=1S/C21H28FN3O2/c1-5-23-21(27)14-24(6-2)13-20(26)19-11-15(3)25(16(19)4)12-17-7-9-18(22)10-8-17/h7-11H,5-6,12-14H2,1-4H3,(H,23,27)/p+1. The Morgan fingerprint density at radius 1 is 1.11 bits per heavy atom. The van der Waals surface area contributed by atoms with Crippen LogP contribution in [0.25, 0.3) is 0 Å². The Morgan fingerprint density at radius 3 is 2.37 bits per heavy atom. The molecule has 0 saturated heterocycles. The Hall–Kier alpha value is -2.47. The van der Waals surface area contributed by atoms with Gasteiger partial charge in [0.15, 0.2) is 6.54 Å². The molecule has 0 aliphatic carbocycles. The minimum absolute atomic E-state index is 0.0367. The Labute approximate surface area is 160 Å². The molecule has 0 spiro atoms. The zero-order valence-corrected chi connectivity index (χ0v) is 16.6. The summed E-state index contributed by atoms with van der Waals surface area (Å²) in [5, 5.41) is 2.78. The van der Waals surface area contributed by atoms with Crippen LogP contribution in [-0.2, 0) is 11.3 Å². The molecule has 0 aliphatic heterocycles. The van der Waals surface area contributed by atoms with Gasteiger partial charge in [0.05, 0.1) is 6.54 Å². The zero-order chi connectivity index (χ0) is 20.0. The van der Waals surface area contributed by atoms with Crippen molar-refractivity contribution < 1.29 is 18.9 Å². The van der Waals surface area contributed by atoms with Crippen LogP contribution in [-0.4, -0.2) is 42.4 Å². The fourth-order valence-corrected chi connectivity index (χ4v) is 3.22. The van der Waals surface area contributed by atoms with E-state index in [1.807, 2.05) is 33.8 Å². The van der Waals surface area contributed by atoms with Gasteiger partial charge in [0, 0.05) is 30.0 Å². The molecule has 0 bridgehead atoms. The average molecular weight is 374 g/mol. The summed E-state index contributed by atoms with van der Waals surface area (Å²) >= 11 is 0. The molecule has 2 N–H and O–H groups in total. The molecule has 0 aliphatic rings. The Balaban J connectivity index is 2.12. The number of aryl methyl sites for hydroxylation is 1. The quantitative estimate of drug-likeness (QED) is 0.654. The van der Waals surface area contributed by atoms with E-state index in [1.165, 1.54) is 12.1 Å². The van der Waals surface area contributed by atoms with Crippen molar-refractivity contribution in [1.82, 2.24) is 9.88 Å². The fraction of sp³-hybridized carbons (Fsp3) is 0.429. The molecule has 6 heteroatoms. The molecule has 0 radical (unpaired) electrons. The number of halogens is 1. The second-order valence-electron chi connectivity index (χ2n) is 6.83. The highest BCUT2D eigenvalue weighted by Crippen LogP contribution is 2.17. The molecule has 1 unspecified atom stereocenters. The van der Waals surface area contributed by atoms with Gasteiger partial charge in [0.25, 0.3) is 5.91 Å². The number of nitrogens with one attached hydrogen (secondary N) is 2. The van der Waals surface area contributed by atoms with Gasteiger partial charge in [-0.25, -0.2) is 4.39 Å². The lowest BCUT2D eigenvalue weighted by atomic mass is 10.1. The largest absolute Gasteiger partial charge is 0.351 e. The van der Waals surface area contributed by atoms with Gasteiger partial charge in [-0.3, -0.25) is 9.59 Å². The van der Waals surface area contributed by atoms with Gasteiger partial charge in [-0.1, -0.05) is 12.1 Å². The van der Waals surface area contributed by atoms with Crippen molar-refractivity contribution >= 4 is 11.7 Å². The molecule has 27 heavy (non-hydrogen) atoms. The van der Waals surface area contributed by atoms with Crippen LogP contribution in [0.3, 0.4) is 0 Å². The maximum absolute atomic E-state index is 13.1. The van der Waals surface area contributed by atoms with E-state index in [0.29, 0.717) is 31.7 Å². The molecule has 1 amide bonds. The van der Waals surface area contributed by atoms with E-state index in [1.54, 1.807) is 12.1 Å². The third-order valence-electron chi connectivity index (χ3n) is 4.82. The summed E-state index contributed by atoms with van der Waals surface area (Å²) in [5.74, 6) is -0.260. The molecular formula is C21H29FN3O2+. The third kappa shape index (κ3) is 5.50. The van der Waals surface area contributed by atoms with Crippen molar-refractivity contribution in [2.45, 2.75) is 34.2 Å². The van der Waals surface area contributed by atoms with E-state index in [4.69, 9.17) is 0 Å². The van der Waals surface area contributed by atoms with Crippen molar-refractivity contribution in [2.24, 2.45) is 0 Å². The normalized spacial score (nSPS) is 12.0. The predicted molar refractivity (Wildman–Crippen MR) is 104 cm³/mol. The van der Waals surface area contributed by atoms with E-state index in [9.17, 15) is 14.0 Å². The summed E-state index contributed by atoms with van der Waals surface area (Å²) in [5.41, 5.74) is 3.56. The Kier molecular flexibility index (Phi) is 7.30. The molecule has 0 fully saturated rings. The highest BCUT2D eigenvalue weighted by atomic mass is 19.1. The minimum Gasteiger partial charge on any atom is -0.351 e. The number of ketones is 1. The first-order valence-corrected chi connectivity index (χ1v) is 9.40. The second-order valence-corrected chi connectivity index (χ2v) is 6.83. The number of Topliss-reactive ketones (excluding diaryl/α,β-unsaturated/α-hetero) is 1. The first kappa shape index (κ1) is 20.8. The van der Waals surface area contributed by atoms with Crippen LogP contribution in [0.2, 0.25) is 0 Å². The van der Waals surface area contributed by atoms with Gasteiger partial charge in [0.1, 0.15) is 12.4 Å². The second kappa shape index (κ2) is 9.46. The summed E-state index contributed by atoms with van der Waals surface area (Å²) < 4.78 is 15.2. The Bertz CT molecular complexity index is 797. The number of quaternary nitrogens is 1. The smallest absolute Gasteiger partial charge is 0.275 e. The highest BCUT2D eigenvalue weighted by molar-refractivity contribution is 5.98. The van der Waals surface area contributed by atoms with Gasteiger partial charge in [-0.15, -0.1) is 0 Å². The number of likely N-dealkylation sites (N-methyl/N-ethyl adjacent to an activating group) is 2. The van der Waals surface area contributed by atoms with E-state index in [0.717, 1.165) is 21.9 Å². The molecule has 0 saturated carbocycles. The van der Waals surface area contributed by atoms with Crippen LogP contribution in [0.1, 0.15) is 41.2 Å². The summed E-state index contributed by atoms with van der Waals surface area (Å²) in [7, 11) is 0. The SMILES string of the molecule is CCNC(=O)C[NH+](CC)CC(=O)c1cc(C)n(Cc2ccc(F)cc2)c1C. The number of carbonyl (C=O) groups excluding carboxylic acids is 2. The number of benzene rings is 1. The lowest BCUT2D eigenvalue weighted by Crippen LogP contribution is -3.13. The first-order valence-electron chi connectivity index (χ1n) is 9.40. The summed E-state index contributed by atoms with van der Waals surface area (Å²) in [6.45, 7) is 10.2. The summed E-state index contributed by atoms with van der Waals surface area (Å²) in [6.07, 6.45) is 0. The van der Waals surface area contributed by atoms with Crippen molar-refractivity contribution in [3.8, 4) is 0 Å². The van der Waals surface area contributed by atoms with E-state index in [-0.39, 0.29) is 24.1 Å². The number of aromatic nitrogens is 1. The van der Waals surface area contributed by atoms with Crippen LogP contribution in [0.5, 0.6) is 0 Å². The van der Waals surface area contributed by atoms with E-state index >= 15 is 0 Å². The number of amides is 1. The van der Waals surface area contributed by atoms with Crippen molar-refractivity contribution in [1.29, 1.82) is 0 Å². The number of hydrogen-bond donors (Lipinski definition) is 2. The molecule has 5 nitrogen and oxygen atoms in total. The maximum Gasteiger partial charge on any atom is 0.275 e. The molecule has 1 heterocycles. The van der Waals surface area contributed by atoms with Gasteiger partial charge >= 0.3 is 0 Å². The zero-order valence-electron chi connectivity index (χ0n) is 16.6. The summed E-state index contributed by atoms with van der Waals surface area (Å²) in [6, 6.07) is 8.30. The van der Waals surface area contributed by atoms with E-state index < -0.39 is 0 Å². The summed E-state index contributed by atoms with van der Waals surface area (Å²) in [4.78, 5) is 25.6. The third-order valence-corrected chi connectivity index (χ3v) is 4.82. The minimum atomic E-state index is -0.259. The van der Waals surface area contributed by atoms with E-state index in [2.05, 4.69) is 9.88 Å². The van der Waals surface area contributed by atoms with Crippen LogP contribution >= 0.6 is 0 Å². The van der Waals surface area contributed by atoms with Gasteiger partial charge in [-0.2, -0.15) is 0 Å². The number of nitrogens with zero attached hydrogens (tertiary/aromatic N) is 1. The molecule has 1 aromatic heterocycles. The highest BCUT2D eigenvalue weighted by Gasteiger charge is 2.21. The van der Waals surface area contributed by atoms with Crippen molar-refractivity contribution in [2.75, 3.05) is 26.2 Å². The van der Waals surface area contributed by atoms with Crippen molar-refractivity contribution in [3.05, 3.63) is 58.7 Å². The van der Waals surface area contributed by atoms with Gasteiger partial charge in [-0.05, 0) is 51.5 Å².